The zero-order chi connectivity index (χ0) is 16.1. The summed E-state index contributed by atoms with van der Waals surface area (Å²) in [6, 6.07) is 0. The van der Waals surface area contributed by atoms with Gasteiger partial charge in [0.2, 0.25) is 0 Å². The molecule has 1 aliphatic carbocycles. The van der Waals surface area contributed by atoms with E-state index in [0.29, 0.717) is 11.8 Å². The summed E-state index contributed by atoms with van der Waals surface area (Å²) in [5, 5.41) is 0. The van der Waals surface area contributed by atoms with E-state index in [1.807, 2.05) is 0 Å². The van der Waals surface area contributed by atoms with E-state index in [1.165, 1.54) is 19.3 Å². The van der Waals surface area contributed by atoms with Gasteiger partial charge in [0.05, 0.1) is 5.41 Å². The summed E-state index contributed by atoms with van der Waals surface area (Å²) in [6.45, 7) is 13.0. The third kappa shape index (κ3) is 4.72. The Morgan fingerprint density at radius 3 is 2.14 bits per heavy atom. The molecule has 1 rings (SSSR count). The maximum absolute atomic E-state index is 13.0. The lowest BCUT2D eigenvalue weighted by molar-refractivity contribution is -0.180. The fourth-order valence-corrected chi connectivity index (χ4v) is 3.77. The maximum atomic E-state index is 13.0. The summed E-state index contributed by atoms with van der Waals surface area (Å²) in [4.78, 5) is 13.0. The van der Waals surface area contributed by atoms with Gasteiger partial charge in [0.25, 0.3) is 0 Å². The second-order valence-electron chi connectivity index (χ2n) is 8.05. The fourth-order valence-electron chi connectivity index (χ4n) is 3.77. The predicted molar refractivity (Wildman–Crippen MR) is 89.2 cm³/mol. The number of carbonyl (C=O) groups is 1. The van der Waals surface area contributed by atoms with Gasteiger partial charge in [-0.1, -0.05) is 47.5 Å². The number of esters is 1. The minimum absolute atomic E-state index is 0.0431. The monoisotopic (exact) mass is 296 g/mol. The zero-order valence-corrected chi connectivity index (χ0v) is 15.1. The van der Waals surface area contributed by atoms with Gasteiger partial charge in [-0.3, -0.25) is 4.79 Å². The third-order valence-corrected chi connectivity index (χ3v) is 5.35. The van der Waals surface area contributed by atoms with E-state index >= 15 is 0 Å². The Labute approximate surface area is 132 Å². The molecule has 0 heterocycles. The molecule has 0 aromatic heterocycles. The highest BCUT2D eigenvalue weighted by atomic mass is 16.6. The Morgan fingerprint density at radius 1 is 1.14 bits per heavy atom. The summed E-state index contributed by atoms with van der Waals surface area (Å²) in [6.07, 6.45) is 8.84. The Balaban J connectivity index is 2.87. The molecule has 0 amide bonds. The van der Waals surface area contributed by atoms with Gasteiger partial charge in [-0.05, 0) is 57.3 Å². The normalized spacial score (nSPS) is 21.3. The molecule has 124 valence electrons. The van der Waals surface area contributed by atoms with E-state index in [0.717, 1.165) is 32.1 Å². The van der Waals surface area contributed by atoms with Gasteiger partial charge >= 0.3 is 5.97 Å². The molecule has 0 aromatic rings. The van der Waals surface area contributed by atoms with Crippen molar-refractivity contribution in [2.75, 3.05) is 0 Å². The number of hydrogen-bond donors (Lipinski definition) is 0. The topological polar surface area (TPSA) is 26.3 Å². The molecule has 1 aliphatic rings. The lowest BCUT2D eigenvalue weighted by atomic mass is 9.72. The van der Waals surface area contributed by atoms with Crippen LogP contribution < -0.4 is 0 Å². The van der Waals surface area contributed by atoms with Crippen molar-refractivity contribution in [1.29, 1.82) is 0 Å². The van der Waals surface area contributed by atoms with E-state index < -0.39 is 0 Å². The second kappa shape index (κ2) is 7.65. The third-order valence-electron chi connectivity index (χ3n) is 5.35. The van der Waals surface area contributed by atoms with Crippen LogP contribution in [0.1, 0.15) is 92.9 Å². The summed E-state index contributed by atoms with van der Waals surface area (Å²) < 4.78 is 6.21. The average Bonchev–Trinajstić information content (AvgIpc) is 2.38. The molecule has 1 saturated carbocycles. The van der Waals surface area contributed by atoms with Crippen LogP contribution in [0.15, 0.2) is 0 Å². The first-order valence-electron chi connectivity index (χ1n) is 8.99. The van der Waals surface area contributed by atoms with E-state index in [2.05, 4.69) is 41.5 Å². The number of rotatable bonds is 7. The van der Waals surface area contributed by atoms with Crippen molar-refractivity contribution < 1.29 is 9.53 Å². The summed E-state index contributed by atoms with van der Waals surface area (Å²) in [7, 11) is 0. The lowest BCUT2D eigenvalue weighted by Crippen LogP contribution is -2.44. The van der Waals surface area contributed by atoms with Gasteiger partial charge in [-0.25, -0.2) is 0 Å². The molecule has 21 heavy (non-hydrogen) atoms. The SMILES string of the molecule is CCCC1(OC(=O)C(C)(CC(C)C)C(C)C)CCCCC1. The average molecular weight is 296 g/mol. The highest BCUT2D eigenvalue weighted by Crippen LogP contribution is 2.41. The molecule has 0 spiro atoms. The minimum Gasteiger partial charge on any atom is -0.459 e. The molecular formula is C19H36O2. The first-order valence-corrected chi connectivity index (χ1v) is 8.99. The first kappa shape index (κ1) is 18.5. The van der Waals surface area contributed by atoms with Crippen LogP contribution in [0.2, 0.25) is 0 Å². The summed E-state index contributed by atoms with van der Waals surface area (Å²) in [5.41, 5.74) is -0.524. The Hall–Kier alpha value is -0.530. The van der Waals surface area contributed by atoms with Gasteiger partial charge in [0.15, 0.2) is 0 Å². The fraction of sp³-hybridized carbons (Fsp3) is 0.947. The molecule has 0 aliphatic heterocycles. The molecule has 0 radical (unpaired) electrons. The Morgan fingerprint density at radius 2 is 1.71 bits per heavy atom. The Kier molecular flexibility index (Phi) is 6.74. The molecular weight excluding hydrogens is 260 g/mol. The van der Waals surface area contributed by atoms with Crippen LogP contribution in [0.4, 0.5) is 0 Å². The van der Waals surface area contributed by atoms with E-state index in [-0.39, 0.29) is 17.0 Å². The molecule has 2 heteroatoms. The van der Waals surface area contributed by atoms with Gasteiger partial charge < -0.3 is 4.74 Å². The standard InChI is InChI=1S/C19H36O2/c1-7-11-19(12-9-8-10-13-19)21-17(20)18(6,16(4)5)14-15(2)3/h15-16H,7-14H2,1-6H3. The van der Waals surface area contributed by atoms with Crippen molar-refractivity contribution in [2.24, 2.45) is 17.3 Å². The van der Waals surface area contributed by atoms with E-state index in [4.69, 9.17) is 4.74 Å². The molecule has 2 nitrogen and oxygen atoms in total. The quantitative estimate of drug-likeness (QED) is 0.560. The Bertz CT molecular complexity index is 321. The van der Waals surface area contributed by atoms with E-state index in [9.17, 15) is 4.79 Å². The van der Waals surface area contributed by atoms with Crippen molar-refractivity contribution >= 4 is 5.97 Å². The highest BCUT2D eigenvalue weighted by Gasteiger charge is 2.43. The minimum atomic E-state index is -0.355. The van der Waals surface area contributed by atoms with Crippen molar-refractivity contribution in [1.82, 2.24) is 0 Å². The van der Waals surface area contributed by atoms with Crippen molar-refractivity contribution in [3.05, 3.63) is 0 Å². The summed E-state index contributed by atoms with van der Waals surface area (Å²) >= 11 is 0. The molecule has 0 N–H and O–H groups in total. The molecule has 0 aromatic carbocycles. The van der Waals surface area contributed by atoms with E-state index in [1.54, 1.807) is 0 Å². The van der Waals surface area contributed by atoms with Crippen molar-refractivity contribution in [2.45, 2.75) is 98.5 Å². The molecule has 0 saturated heterocycles. The first-order chi connectivity index (χ1) is 9.76. The summed E-state index contributed by atoms with van der Waals surface area (Å²) in [5.74, 6) is 0.870. The van der Waals surface area contributed by atoms with Crippen LogP contribution in [0.3, 0.4) is 0 Å². The van der Waals surface area contributed by atoms with Gasteiger partial charge in [-0.2, -0.15) is 0 Å². The molecule has 0 bridgehead atoms. The maximum Gasteiger partial charge on any atom is 0.312 e. The number of hydrogen-bond acceptors (Lipinski definition) is 2. The molecule has 1 unspecified atom stereocenters. The predicted octanol–water partition coefficient (Wildman–Crippen LogP) is 5.74. The largest absolute Gasteiger partial charge is 0.459 e. The van der Waals surface area contributed by atoms with Gasteiger partial charge in [0.1, 0.15) is 5.60 Å². The van der Waals surface area contributed by atoms with Crippen LogP contribution in [0, 0.1) is 17.3 Å². The van der Waals surface area contributed by atoms with Crippen LogP contribution in [-0.2, 0) is 9.53 Å². The zero-order valence-electron chi connectivity index (χ0n) is 15.1. The molecule has 1 fully saturated rings. The van der Waals surface area contributed by atoms with Crippen LogP contribution in [0.25, 0.3) is 0 Å². The van der Waals surface area contributed by atoms with Crippen molar-refractivity contribution in [3.63, 3.8) is 0 Å². The smallest absolute Gasteiger partial charge is 0.312 e. The van der Waals surface area contributed by atoms with Crippen LogP contribution >= 0.6 is 0 Å². The van der Waals surface area contributed by atoms with Crippen molar-refractivity contribution in [3.8, 4) is 0 Å². The number of ether oxygens (including phenoxy) is 1. The second-order valence-corrected chi connectivity index (χ2v) is 8.05. The van der Waals surface area contributed by atoms with Crippen LogP contribution in [-0.4, -0.2) is 11.6 Å². The van der Waals surface area contributed by atoms with Gasteiger partial charge in [0, 0.05) is 0 Å². The highest BCUT2D eigenvalue weighted by molar-refractivity contribution is 5.77. The van der Waals surface area contributed by atoms with Gasteiger partial charge in [-0.15, -0.1) is 0 Å². The lowest BCUT2D eigenvalue weighted by Gasteiger charge is -2.41. The number of carbonyl (C=O) groups excluding carboxylic acids is 1. The van der Waals surface area contributed by atoms with Crippen LogP contribution in [0.5, 0.6) is 0 Å². The molecule has 1 atom stereocenters.